The van der Waals surface area contributed by atoms with Gasteiger partial charge in [0.25, 0.3) is 5.91 Å². The molecule has 1 aromatic heterocycles. The van der Waals surface area contributed by atoms with E-state index < -0.39 is 15.9 Å². The summed E-state index contributed by atoms with van der Waals surface area (Å²) in [5, 5.41) is 6.14. The molecule has 5 rings (SSSR count). The number of hydrogen-bond donors (Lipinski definition) is 0. The highest BCUT2D eigenvalue weighted by atomic mass is 32.2. The van der Waals surface area contributed by atoms with E-state index in [0.29, 0.717) is 41.0 Å². The summed E-state index contributed by atoms with van der Waals surface area (Å²) in [7, 11) is 0.869. The number of carbonyl (C=O) groups is 1. The number of fused-ring (bicyclic) bond motifs is 1. The maximum absolute atomic E-state index is 14.0. The third kappa shape index (κ3) is 6.42. The molecule has 0 N–H and O–H groups in total. The zero-order valence-corrected chi connectivity index (χ0v) is 27.2. The first-order valence-electron chi connectivity index (χ1n) is 14.2. The fourth-order valence-corrected chi connectivity index (χ4v) is 8.14. The van der Waals surface area contributed by atoms with Crippen LogP contribution in [0.2, 0.25) is 0 Å². The largest absolute Gasteiger partial charge is 0.493 e. The summed E-state index contributed by atoms with van der Waals surface area (Å²) >= 11 is 1.33. The van der Waals surface area contributed by atoms with Crippen LogP contribution in [0.15, 0.2) is 64.6 Å². The Morgan fingerprint density at radius 2 is 1.61 bits per heavy atom. The van der Waals surface area contributed by atoms with Gasteiger partial charge in [0.05, 0.1) is 42.7 Å². The quantitative estimate of drug-likeness (QED) is 0.164. The zero-order chi connectivity index (χ0) is 31.6. The second-order valence-electron chi connectivity index (χ2n) is 11.1. The number of piperidine rings is 1. The molecule has 232 valence electrons. The number of thiazole rings is 1. The van der Waals surface area contributed by atoms with Gasteiger partial charge in [0.1, 0.15) is 0 Å². The number of amides is 1. The standard InChI is InChI=1S/C32H36N4O6S2/c1-20-7-12-26-29(14-20)43-32(34-26)36(33-17-23-15-27(40-4)30(42-6)28(16-23)41-5)31(37)24-8-10-25(11-9-24)44(38,39)35-18-21(2)13-22(3)19-35/h7-12,14-17,21-22H,13,18-19H2,1-6H3/b33-17+. The fraction of sp³-hybridized carbons (Fsp3) is 0.344. The Bertz CT molecular complexity index is 1770. The van der Waals surface area contributed by atoms with Gasteiger partial charge in [0.2, 0.25) is 20.9 Å². The molecule has 12 heteroatoms. The number of aromatic nitrogens is 1. The van der Waals surface area contributed by atoms with Crippen molar-refractivity contribution in [2.24, 2.45) is 16.9 Å². The predicted molar refractivity (Wildman–Crippen MR) is 173 cm³/mol. The summed E-state index contributed by atoms with van der Waals surface area (Å²) < 4.78 is 45.6. The van der Waals surface area contributed by atoms with Gasteiger partial charge in [0.15, 0.2) is 11.5 Å². The summed E-state index contributed by atoms with van der Waals surface area (Å²) in [5.74, 6) is 1.42. The van der Waals surface area contributed by atoms with Crippen LogP contribution >= 0.6 is 11.3 Å². The van der Waals surface area contributed by atoms with Gasteiger partial charge in [0, 0.05) is 24.2 Å². The number of benzene rings is 3. The summed E-state index contributed by atoms with van der Waals surface area (Å²) in [6, 6.07) is 15.3. The molecule has 2 unspecified atom stereocenters. The SMILES string of the molecule is COc1cc(/C=N/N(C(=O)c2ccc(S(=O)(=O)N3CC(C)CC(C)C3)cc2)c2nc3ccc(C)cc3s2)cc(OC)c1OC. The molecule has 0 saturated carbocycles. The van der Waals surface area contributed by atoms with Crippen LogP contribution in [0.1, 0.15) is 41.8 Å². The molecule has 4 aromatic rings. The average molecular weight is 637 g/mol. The summed E-state index contributed by atoms with van der Waals surface area (Å²) in [6.07, 6.45) is 2.51. The lowest BCUT2D eigenvalue weighted by Gasteiger charge is -2.34. The number of hydrazone groups is 1. The van der Waals surface area contributed by atoms with Gasteiger partial charge in [-0.2, -0.15) is 14.4 Å². The molecular formula is C32H36N4O6S2. The van der Waals surface area contributed by atoms with Crippen LogP contribution in [0, 0.1) is 18.8 Å². The molecule has 1 saturated heterocycles. The minimum Gasteiger partial charge on any atom is -0.493 e. The molecule has 1 aliphatic rings. The topological polar surface area (TPSA) is 111 Å². The van der Waals surface area contributed by atoms with Crippen LogP contribution in [-0.4, -0.2) is 64.2 Å². The van der Waals surface area contributed by atoms with Gasteiger partial charge < -0.3 is 14.2 Å². The van der Waals surface area contributed by atoms with Gasteiger partial charge in [-0.3, -0.25) is 4.79 Å². The number of carbonyl (C=O) groups excluding carboxylic acids is 1. The molecule has 2 atom stereocenters. The molecule has 1 fully saturated rings. The Hall–Kier alpha value is -4.00. The third-order valence-corrected chi connectivity index (χ3v) is 10.3. The van der Waals surface area contributed by atoms with Crippen LogP contribution in [0.25, 0.3) is 10.2 Å². The highest BCUT2D eigenvalue weighted by Gasteiger charge is 2.32. The number of methoxy groups -OCH3 is 3. The molecule has 1 aliphatic heterocycles. The van der Waals surface area contributed by atoms with Crippen LogP contribution in [0.3, 0.4) is 0 Å². The van der Waals surface area contributed by atoms with E-state index in [9.17, 15) is 13.2 Å². The van der Waals surface area contributed by atoms with E-state index in [2.05, 4.69) is 23.9 Å². The molecule has 10 nitrogen and oxygen atoms in total. The Kier molecular flexibility index (Phi) is 9.23. The van der Waals surface area contributed by atoms with Crippen molar-refractivity contribution in [1.82, 2.24) is 9.29 Å². The van der Waals surface area contributed by atoms with Crippen LogP contribution in [0.5, 0.6) is 17.2 Å². The number of rotatable bonds is 9. The lowest BCUT2D eigenvalue weighted by molar-refractivity contribution is 0.0987. The molecule has 44 heavy (non-hydrogen) atoms. The summed E-state index contributed by atoms with van der Waals surface area (Å²) in [4.78, 5) is 18.8. The maximum Gasteiger partial charge on any atom is 0.280 e. The second-order valence-corrected chi connectivity index (χ2v) is 14.0. The highest BCUT2D eigenvalue weighted by Crippen LogP contribution is 2.38. The number of hydrogen-bond acceptors (Lipinski definition) is 9. The van der Waals surface area contributed by atoms with E-state index in [1.54, 1.807) is 16.4 Å². The van der Waals surface area contributed by atoms with Gasteiger partial charge >= 0.3 is 0 Å². The molecule has 1 amide bonds. The van der Waals surface area contributed by atoms with Gasteiger partial charge in [-0.25, -0.2) is 13.4 Å². The fourth-order valence-electron chi connectivity index (χ4n) is 5.44. The van der Waals surface area contributed by atoms with Crippen LogP contribution in [-0.2, 0) is 10.0 Å². The van der Waals surface area contributed by atoms with Crippen molar-refractivity contribution >= 4 is 48.8 Å². The molecular weight excluding hydrogens is 601 g/mol. The van der Waals surface area contributed by atoms with Crippen molar-refractivity contribution in [3.05, 3.63) is 71.3 Å². The minimum atomic E-state index is -3.69. The van der Waals surface area contributed by atoms with E-state index in [1.807, 2.05) is 25.1 Å². The monoisotopic (exact) mass is 636 g/mol. The Labute approximate surface area is 261 Å². The van der Waals surface area contributed by atoms with E-state index in [0.717, 1.165) is 22.2 Å². The predicted octanol–water partition coefficient (Wildman–Crippen LogP) is 5.98. The van der Waals surface area contributed by atoms with Crippen molar-refractivity contribution in [3.63, 3.8) is 0 Å². The zero-order valence-electron chi connectivity index (χ0n) is 25.6. The lowest BCUT2D eigenvalue weighted by Crippen LogP contribution is -2.42. The number of aryl methyl sites for hydroxylation is 1. The molecule has 0 radical (unpaired) electrons. The van der Waals surface area contributed by atoms with Crippen LogP contribution in [0.4, 0.5) is 5.13 Å². The minimum absolute atomic E-state index is 0.151. The Morgan fingerprint density at radius 1 is 0.977 bits per heavy atom. The molecule has 0 spiro atoms. The summed E-state index contributed by atoms with van der Waals surface area (Å²) in [6.45, 7) is 7.08. The second kappa shape index (κ2) is 12.9. The van der Waals surface area contributed by atoms with E-state index >= 15 is 0 Å². The van der Waals surface area contributed by atoms with Crippen molar-refractivity contribution < 1.29 is 27.4 Å². The first-order valence-corrected chi connectivity index (χ1v) is 16.5. The van der Waals surface area contributed by atoms with Gasteiger partial charge in [-0.1, -0.05) is 31.3 Å². The first-order chi connectivity index (χ1) is 21.0. The van der Waals surface area contributed by atoms with Crippen molar-refractivity contribution in [1.29, 1.82) is 0 Å². The average Bonchev–Trinajstić information content (AvgIpc) is 3.42. The van der Waals surface area contributed by atoms with Crippen molar-refractivity contribution in [2.45, 2.75) is 32.1 Å². The normalized spacial score (nSPS) is 17.6. The number of ether oxygens (including phenoxy) is 3. The van der Waals surface area contributed by atoms with E-state index in [-0.39, 0.29) is 22.3 Å². The highest BCUT2D eigenvalue weighted by molar-refractivity contribution is 7.89. The van der Waals surface area contributed by atoms with E-state index in [1.165, 1.54) is 68.2 Å². The van der Waals surface area contributed by atoms with Crippen molar-refractivity contribution in [3.8, 4) is 17.2 Å². The molecule has 0 aliphatic carbocycles. The number of nitrogens with zero attached hydrogens (tertiary/aromatic N) is 4. The smallest absolute Gasteiger partial charge is 0.280 e. The van der Waals surface area contributed by atoms with Gasteiger partial charge in [-0.05, 0) is 79.3 Å². The lowest BCUT2D eigenvalue weighted by atomic mass is 9.94. The molecule has 3 aromatic carbocycles. The number of anilines is 1. The third-order valence-electron chi connectivity index (χ3n) is 7.49. The molecule has 2 heterocycles. The molecule has 0 bridgehead atoms. The number of sulfonamides is 1. The maximum atomic E-state index is 14.0. The first kappa shape index (κ1) is 31.4. The van der Waals surface area contributed by atoms with Crippen LogP contribution < -0.4 is 19.2 Å². The Balaban J connectivity index is 1.50. The van der Waals surface area contributed by atoms with Crippen molar-refractivity contribution in [2.75, 3.05) is 39.4 Å². The van der Waals surface area contributed by atoms with E-state index in [4.69, 9.17) is 14.2 Å². The Morgan fingerprint density at radius 3 is 2.20 bits per heavy atom. The van der Waals surface area contributed by atoms with Gasteiger partial charge in [-0.15, -0.1) is 0 Å². The summed E-state index contributed by atoms with van der Waals surface area (Å²) in [5.41, 5.74) is 2.67.